The molecule has 37 heavy (non-hydrogen) atoms. The number of carbonyl (C=O) groups excluding carboxylic acids is 3. The molecule has 198 valence electrons. The van der Waals surface area contributed by atoms with E-state index in [1.807, 2.05) is 30.3 Å². The average molecular weight is 529 g/mol. The first-order chi connectivity index (χ1) is 17.5. The molecule has 0 aliphatic rings. The van der Waals surface area contributed by atoms with Gasteiger partial charge in [0, 0.05) is 18.4 Å². The minimum atomic E-state index is -0.673. The summed E-state index contributed by atoms with van der Waals surface area (Å²) in [7, 11) is 0. The van der Waals surface area contributed by atoms with Crippen LogP contribution >= 0.6 is 11.6 Å². The maximum Gasteiger partial charge on any atom is 0.407 e. The summed E-state index contributed by atoms with van der Waals surface area (Å²) in [5.41, 5.74) is 6.04. The molecule has 0 saturated heterocycles. The van der Waals surface area contributed by atoms with E-state index in [-0.39, 0.29) is 38.4 Å². The molecule has 0 aliphatic heterocycles. The molecule has 0 saturated carbocycles. The van der Waals surface area contributed by atoms with Gasteiger partial charge in [-0.25, -0.2) is 4.79 Å². The lowest BCUT2D eigenvalue weighted by atomic mass is 10.1. The van der Waals surface area contributed by atoms with Gasteiger partial charge in [-0.2, -0.15) is 0 Å². The Morgan fingerprint density at radius 3 is 2.46 bits per heavy atom. The molecule has 2 aromatic rings. The zero-order valence-corrected chi connectivity index (χ0v) is 22.1. The van der Waals surface area contributed by atoms with Crippen LogP contribution in [0.4, 0.5) is 4.79 Å². The Morgan fingerprint density at radius 2 is 1.78 bits per heavy atom. The molecule has 0 unspecified atom stereocenters. The monoisotopic (exact) mass is 528 g/mol. The van der Waals surface area contributed by atoms with Crippen molar-refractivity contribution in [3.05, 3.63) is 64.7 Å². The smallest absolute Gasteiger partial charge is 0.407 e. The number of rotatable bonds is 11. The molecular formula is C28H33ClN2O6. The molecular weight excluding hydrogens is 496 g/mol. The maximum absolute atomic E-state index is 12.2. The van der Waals surface area contributed by atoms with E-state index in [0.29, 0.717) is 22.8 Å². The van der Waals surface area contributed by atoms with E-state index >= 15 is 0 Å². The number of nitrogens with one attached hydrogen (secondary N) is 1. The summed E-state index contributed by atoms with van der Waals surface area (Å²) in [5, 5.41) is 3.00. The van der Waals surface area contributed by atoms with Gasteiger partial charge in [-0.05, 0) is 44.9 Å². The van der Waals surface area contributed by atoms with Crippen molar-refractivity contribution in [2.24, 2.45) is 5.73 Å². The number of alkyl carbamates (subject to hydrolysis) is 1. The number of nitrogens with two attached hydrogens (primary N) is 1. The fourth-order valence-electron chi connectivity index (χ4n) is 3.03. The van der Waals surface area contributed by atoms with Crippen LogP contribution in [0.1, 0.15) is 57.6 Å². The number of hydrogen-bond acceptors (Lipinski definition) is 6. The van der Waals surface area contributed by atoms with Gasteiger partial charge in [-0.1, -0.05) is 59.8 Å². The number of hydrogen-bond donors (Lipinski definition) is 2. The molecule has 0 aromatic heterocycles. The van der Waals surface area contributed by atoms with Crippen LogP contribution in [0.5, 0.6) is 5.75 Å². The molecule has 2 rings (SSSR count). The summed E-state index contributed by atoms with van der Waals surface area (Å²) in [6.45, 7) is 5.52. The average Bonchev–Trinajstić information content (AvgIpc) is 2.83. The van der Waals surface area contributed by atoms with E-state index in [2.05, 4.69) is 17.2 Å². The fraction of sp³-hybridized carbons (Fsp3) is 0.393. The second-order valence-electron chi connectivity index (χ2n) is 9.22. The van der Waals surface area contributed by atoms with Crippen LogP contribution < -0.4 is 15.8 Å². The molecule has 1 atom stereocenters. The lowest BCUT2D eigenvalue weighted by Gasteiger charge is -2.24. The van der Waals surface area contributed by atoms with Crippen LogP contribution in [0.2, 0.25) is 5.02 Å². The predicted octanol–water partition coefficient (Wildman–Crippen LogP) is 4.75. The van der Waals surface area contributed by atoms with E-state index in [0.717, 1.165) is 5.56 Å². The number of ether oxygens (including phenoxy) is 3. The molecule has 0 fully saturated rings. The van der Waals surface area contributed by atoms with E-state index in [1.54, 1.807) is 39.0 Å². The van der Waals surface area contributed by atoms with Gasteiger partial charge < -0.3 is 25.3 Å². The Bertz CT molecular complexity index is 1120. The van der Waals surface area contributed by atoms with Crippen LogP contribution in [0.3, 0.4) is 0 Å². The van der Waals surface area contributed by atoms with Gasteiger partial charge in [-0.3, -0.25) is 9.59 Å². The highest BCUT2D eigenvalue weighted by Crippen LogP contribution is 2.28. The minimum absolute atomic E-state index is 0.0381. The van der Waals surface area contributed by atoms with Crippen molar-refractivity contribution in [2.75, 3.05) is 6.61 Å². The first-order valence-corrected chi connectivity index (χ1v) is 12.3. The minimum Gasteiger partial charge on any atom is -0.490 e. The Kier molecular flexibility index (Phi) is 11.8. The summed E-state index contributed by atoms with van der Waals surface area (Å²) in [5.74, 6) is 5.42. The normalized spacial score (nSPS) is 11.5. The summed E-state index contributed by atoms with van der Waals surface area (Å²) >= 11 is 6.47. The van der Waals surface area contributed by atoms with Crippen LogP contribution in [0.15, 0.2) is 48.5 Å². The van der Waals surface area contributed by atoms with Gasteiger partial charge in [-0.15, -0.1) is 0 Å². The van der Waals surface area contributed by atoms with Crippen molar-refractivity contribution >= 4 is 29.6 Å². The van der Waals surface area contributed by atoms with Crippen LogP contribution in [0, 0.1) is 11.8 Å². The molecule has 0 heterocycles. The Hall–Kier alpha value is -3.70. The number of amides is 2. The third-order valence-corrected chi connectivity index (χ3v) is 5.17. The summed E-state index contributed by atoms with van der Waals surface area (Å²) in [6.07, 6.45) is 0.178. The summed E-state index contributed by atoms with van der Waals surface area (Å²) in [6, 6.07) is 14.1. The Balaban J connectivity index is 1.91. The Morgan fingerprint density at radius 1 is 1.05 bits per heavy atom. The molecule has 0 aliphatic carbocycles. The first kappa shape index (κ1) is 29.5. The van der Waals surface area contributed by atoms with Gasteiger partial charge >= 0.3 is 12.1 Å². The van der Waals surface area contributed by atoms with Crippen molar-refractivity contribution < 1.29 is 28.6 Å². The predicted molar refractivity (Wildman–Crippen MR) is 141 cm³/mol. The fourth-order valence-corrected chi connectivity index (χ4v) is 3.26. The second-order valence-corrected chi connectivity index (χ2v) is 9.60. The first-order valence-electron chi connectivity index (χ1n) is 11.9. The van der Waals surface area contributed by atoms with Gasteiger partial charge in [0.1, 0.15) is 24.6 Å². The van der Waals surface area contributed by atoms with Gasteiger partial charge in [0.2, 0.25) is 5.91 Å². The number of esters is 1. The van der Waals surface area contributed by atoms with E-state index in [4.69, 9.17) is 31.5 Å². The zero-order valence-electron chi connectivity index (χ0n) is 21.3. The highest BCUT2D eigenvalue weighted by atomic mass is 35.5. The number of halogens is 1. The zero-order chi connectivity index (χ0) is 27.3. The number of benzene rings is 2. The van der Waals surface area contributed by atoms with Gasteiger partial charge in [0.25, 0.3) is 0 Å². The van der Waals surface area contributed by atoms with Crippen molar-refractivity contribution in [3.8, 4) is 17.6 Å². The maximum atomic E-state index is 12.2. The van der Waals surface area contributed by atoms with Gasteiger partial charge in [0.15, 0.2) is 0 Å². The molecule has 0 bridgehead atoms. The molecule has 2 aromatic carbocycles. The van der Waals surface area contributed by atoms with Crippen molar-refractivity contribution in [1.82, 2.24) is 5.32 Å². The van der Waals surface area contributed by atoms with Gasteiger partial charge in [0.05, 0.1) is 17.5 Å². The number of carbonyl (C=O) groups is 3. The standard InChI is InChI=1S/C28H33ClN2O6/c1-28(2,3)37-27(34)31-22(16-17-24(30)32)19-35-23-14-9-13-21(26(23)29)12-7-8-15-25(33)36-18-20-10-5-4-6-11-20/h4-6,9-11,13-14,22H,8,15-19H2,1-3H3,(H2,30,32)(H,31,34)/t22-/m0/s1. The molecule has 3 N–H and O–H groups in total. The lowest BCUT2D eigenvalue weighted by Crippen LogP contribution is -2.42. The topological polar surface area (TPSA) is 117 Å². The molecule has 8 nitrogen and oxygen atoms in total. The SMILES string of the molecule is CC(C)(C)OC(=O)N[C@@H](CCC(N)=O)COc1cccc(C#CCCC(=O)OCc2ccccc2)c1Cl. The molecule has 0 spiro atoms. The number of primary amides is 1. The van der Waals surface area contributed by atoms with Crippen LogP contribution in [-0.2, 0) is 25.7 Å². The highest BCUT2D eigenvalue weighted by Gasteiger charge is 2.21. The largest absolute Gasteiger partial charge is 0.490 e. The highest BCUT2D eigenvalue weighted by molar-refractivity contribution is 6.33. The van der Waals surface area contributed by atoms with Crippen LogP contribution in [-0.4, -0.2) is 36.2 Å². The third-order valence-electron chi connectivity index (χ3n) is 4.78. The molecule has 2 amide bonds. The lowest BCUT2D eigenvalue weighted by molar-refractivity contribution is -0.144. The Labute approximate surface area is 222 Å². The molecule has 9 heteroatoms. The summed E-state index contributed by atoms with van der Waals surface area (Å²) in [4.78, 5) is 35.3. The van der Waals surface area contributed by atoms with E-state index in [9.17, 15) is 14.4 Å². The van der Waals surface area contributed by atoms with Crippen molar-refractivity contribution in [2.45, 2.75) is 64.7 Å². The summed E-state index contributed by atoms with van der Waals surface area (Å²) < 4.78 is 16.4. The van der Waals surface area contributed by atoms with Crippen molar-refractivity contribution in [1.29, 1.82) is 0 Å². The quantitative estimate of drug-likeness (QED) is 0.321. The third kappa shape index (κ3) is 12.2. The van der Waals surface area contributed by atoms with Crippen LogP contribution in [0.25, 0.3) is 0 Å². The van der Waals surface area contributed by atoms with E-state index in [1.165, 1.54) is 0 Å². The molecule has 0 radical (unpaired) electrons. The van der Waals surface area contributed by atoms with Crippen molar-refractivity contribution in [3.63, 3.8) is 0 Å². The second kappa shape index (κ2) is 14.8. The van der Waals surface area contributed by atoms with E-state index < -0.39 is 23.6 Å².